The molecule has 1 saturated heterocycles. The highest BCUT2D eigenvalue weighted by Crippen LogP contribution is 2.16. The monoisotopic (exact) mass is 279 g/mol. The summed E-state index contributed by atoms with van der Waals surface area (Å²) in [5.74, 6) is 0.840. The molecule has 1 fully saturated rings. The van der Waals surface area contributed by atoms with Gasteiger partial charge in [-0.25, -0.2) is 0 Å². The molecule has 20 heavy (non-hydrogen) atoms. The maximum absolute atomic E-state index is 11.9. The summed E-state index contributed by atoms with van der Waals surface area (Å²) in [4.78, 5) is 15.1. The lowest BCUT2D eigenvalue weighted by Crippen LogP contribution is -3.27. The Morgan fingerprint density at radius 1 is 1.30 bits per heavy atom. The van der Waals surface area contributed by atoms with Crippen LogP contribution >= 0.6 is 0 Å². The Bertz CT molecular complexity index is 442. The number of carbonyl (C=O) groups is 1. The van der Waals surface area contributed by atoms with E-state index < -0.39 is 0 Å². The summed E-state index contributed by atoms with van der Waals surface area (Å²) in [5, 5.41) is 2.93. The van der Waals surface area contributed by atoms with Gasteiger partial charge < -0.3 is 19.9 Å². The Morgan fingerprint density at radius 2 is 2.05 bits per heavy atom. The molecule has 0 bridgehead atoms. The Balaban J connectivity index is 1.74. The fraction of sp³-hybridized carbons (Fsp3) is 0.533. The third kappa shape index (κ3) is 4.51. The summed E-state index contributed by atoms with van der Waals surface area (Å²) >= 11 is 0. The van der Waals surface area contributed by atoms with Crippen molar-refractivity contribution in [1.29, 1.82) is 0 Å². The first kappa shape index (κ1) is 14.8. The Morgan fingerprint density at radius 3 is 2.75 bits per heavy atom. The van der Waals surface area contributed by atoms with Crippen LogP contribution in [0.25, 0.3) is 0 Å². The summed E-state index contributed by atoms with van der Waals surface area (Å²) in [7, 11) is 3.85. The van der Waals surface area contributed by atoms with Crippen molar-refractivity contribution in [3.63, 3.8) is 0 Å². The van der Waals surface area contributed by atoms with Gasteiger partial charge in [-0.1, -0.05) is 6.07 Å². The van der Waals surface area contributed by atoms with Gasteiger partial charge in [0.15, 0.2) is 0 Å². The number of carbonyl (C=O) groups excluding carboxylic acids is 1. The summed E-state index contributed by atoms with van der Waals surface area (Å²) in [6.07, 6.45) is 0.575. The summed E-state index contributed by atoms with van der Waals surface area (Å²) in [5.41, 5.74) is 0.798. The molecule has 1 aromatic carbocycles. The quantitative estimate of drug-likeness (QED) is 0.610. The van der Waals surface area contributed by atoms with Gasteiger partial charge in [-0.15, -0.1) is 0 Å². The van der Waals surface area contributed by atoms with Crippen molar-refractivity contribution in [2.24, 2.45) is 0 Å². The van der Waals surface area contributed by atoms with Crippen molar-refractivity contribution in [1.82, 2.24) is 0 Å². The maximum Gasteiger partial charge on any atom is 0.230 e. The Labute approximate surface area is 120 Å². The molecule has 110 valence electrons. The lowest BCUT2D eigenvalue weighted by molar-refractivity contribution is -1.00. The third-order valence-electron chi connectivity index (χ3n) is 3.87. The largest absolute Gasteiger partial charge is 0.497 e. The molecule has 0 spiro atoms. The van der Waals surface area contributed by atoms with Crippen molar-refractivity contribution < 1.29 is 19.3 Å². The van der Waals surface area contributed by atoms with Crippen molar-refractivity contribution in [2.45, 2.75) is 6.42 Å². The zero-order valence-electron chi connectivity index (χ0n) is 12.4. The van der Waals surface area contributed by atoms with Gasteiger partial charge in [0.2, 0.25) is 5.91 Å². The van der Waals surface area contributed by atoms with E-state index in [-0.39, 0.29) is 5.91 Å². The zero-order valence-corrected chi connectivity index (χ0v) is 12.4. The van der Waals surface area contributed by atoms with Gasteiger partial charge in [0.1, 0.15) is 31.9 Å². The molecule has 1 aliphatic rings. The maximum atomic E-state index is 11.9. The van der Waals surface area contributed by atoms with Gasteiger partial charge in [-0.3, -0.25) is 4.79 Å². The number of anilines is 1. The van der Waals surface area contributed by atoms with E-state index in [2.05, 4.69) is 12.4 Å². The smallest absolute Gasteiger partial charge is 0.230 e. The molecule has 1 aromatic rings. The lowest BCUT2D eigenvalue weighted by Gasteiger charge is -2.27. The van der Waals surface area contributed by atoms with E-state index in [1.165, 1.54) is 18.0 Å². The molecule has 1 amide bonds. The predicted octanol–water partition coefficient (Wildman–Crippen LogP) is -1.56. The number of likely N-dealkylation sites (N-methyl/N-ethyl adjacent to an activating group) is 1. The zero-order chi connectivity index (χ0) is 14.4. The standard InChI is InChI=1S/C15H23N3O2/c1-17-8-10-18(11-9-17)7-6-15(19)16-13-4-3-5-14(12-13)20-2/h3-5,12H,6-11H2,1-2H3,(H,16,19)/p+2. The fourth-order valence-electron chi connectivity index (χ4n) is 2.49. The van der Waals surface area contributed by atoms with Gasteiger partial charge >= 0.3 is 0 Å². The number of hydrogen-bond donors (Lipinski definition) is 3. The van der Waals surface area contributed by atoms with Crippen LogP contribution in [0.2, 0.25) is 0 Å². The molecular weight excluding hydrogens is 254 g/mol. The molecule has 0 saturated carbocycles. The molecule has 0 atom stereocenters. The first-order chi connectivity index (χ1) is 9.67. The number of hydrogen-bond acceptors (Lipinski definition) is 2. The van der Waals surface area contributed by atoms with Crippen LogP contribution in [0.15, 0.2) is 24.3 Å². The Hall–Kier alpha value is -1.59. The third-order valence-corrected chi connectivity index (χ3v) is 3.87. The number of methoxy groups -OCH3 is 1. The van der Waals surface area contributed by atoms with Crippen LogP contribution in [0.3, 0.4) is 0 Å². The minimum absolute atomic E-state index is 0.0806. The number of piperazine rings is 1. The van der Waals surface area contributed by atoms with Crippen molar-refractivity contribution in [3.05, 3.63) is 24.3 Å². The van der Waals surface area contributed by atoms with Crippen LogP contribution in [-0.2, 0) is 4.79 Å². The number of rotatable bonds is 5. The number of amides is 1. The molecule has 1 heterocycles. The van der Waals surface area contributed by atoms with Crippen LogP contribution < -0.4 is 19.9 Å². The first-order valence-corrected chi connectivity index (χ1v) is 7.26. The summed E-state index contributed by atoms with van der Waals surface area (Å²) in [6, 6.07) is 7.46. The van der Waals surface area contributed by atoms with Gasteiger partial charge in [0, 0.05) is 11.8 Å². The second-order valence-electron chi connectivity index (χ2n) is 5.49. The van der Waals surface area contributed by atoms with E-state index in [4.69, 9.17) is 4.74 Å². The highest BCUT2D eigenvalue weighted by molar-refractivity contribution is 5.90. The molecule has 5 nitrogen and oxygen atoms in total. The Kier molecular flexibility index (Phi) is 5.38. The minimum atomic E-state index is 0.0806. The van der Waals surface area contributed by atoms with E-state index in [9.17, 15) is 4.79 Å². The van der Waals surface area contributed by atoms with Crippen LogP contribution in [0.1, 0.15) is 6.42 Å². The molecule has 0 radical (unpaired) electrons. The minimum Gasteiger partial charge on any atom is -0.497 e. The number of quaternary nitrogens is 2. The molecule has 0 aromatic heterocycles. The van der Waals surface area contributed by atoms with E-state index in [0.717, 1.165) is 31.1 Å². The van der Waals surface area contributed by atoms with Crippen molar-refractivity contribution >= 4 is 11.6 Å². The highest BCUT2D eigenvalue weighted by Gasteiger charge is 2.20. The van der Waals surface area contributed by atoms with Crippen LogP contribution in [-0.4, -0.2) is 52.8 Å². The second-order valence-corrected chi connectivity index (χ2v) is 5.49. The molecule has 1 aliphatic heterocycles. The van der Waals surface area contributed by atoms with Crippen molar-refractivity contribution in [2.75, 3.05) is 52.2 Å². The lowest BCUT2D eigenvalue weighted by atomic mass is 10.2. The molecule has 2 rings (SSSR count). The number of nitrogens with one attached hydrogen (secondary N) is 3. The number of ether oxygens (including phenoxy) is 1. The van der Waals surface area contributed by atoms with Gasteiger partial charge in [-0.2, -0.15) is 0 Å². The van der Waals surface area contributed by atoms with Gasteiger partial charge in [0.05, 0.1) is 27.1 Å². The predicted molar refractivity (Wildman–Crippen MR) is 78.4 cm³/mol. The average Bonchev–Trinajstić information content (AvgIpc) is 2.47. The van der Waals surface area contributed by atoms with Crippen molar-refractivity contribution in [3.8, 4) is 5.75 Å². The second kappa shape index (κ2) is 7.26. The van der Waals surface area contributed by atoms with E-state index >= 15 is 0 Å². The summed E-state index contributed by atoms with van der Waals surface area (Å²) < 4.78 is 5.14. The fourth-order valence-corrected chi connectivity index (χ4v) is 2.49. The molecular formula is C15H25N3O2+2. The van der Waals surface area contributed by atoms with Gasteiger partial charge in [-0.05, 0) is 12.1 Å². The molecule has 5 heteroatoms. The van der Waals surface area contributed by atoms with Crippen LogP contribution in [0.5, 0.6) is 5.75 Å². The first-order valence-electron chi connectivity index (χ1n) is 7.26. The average molecular weight is 279 g/mol. The molecule has 3 N–H and O–H groups in total. The molecule has 0 aliphatic carbocycles. The summed E-state index contributed by atoms with van der Waals surface area (Å²) in [6.45, 7) is 5.65. The van der Waals surface area contributed by atoms with E-state index in [1.807, 2.05) is 24.3 Å². The van der Waals surface area contributed by atoms with Gasteiger partial charge in [0.25, 0.3) is 0 Å². The SMILES string of the molecule is COc1cccc(NC(=O)CC[NH+]2CC[NH+](C)CC2)c1. The van der Waals surface area contributed by atoms with Crippen LogP contribution in [0, 0.1) is 0 Å². The van der Waals surface area contributed by atoms with E-state index in [0.29, 0.717) is 6.42 Å². The van der Waals surface area contributed by atoms with E-state index in [1.54, 1.807) is 12.0 Å². The normalized spacial score (nSPS) is 22.3. The topological polar surface area (TPSA) is 47.2 Å². The number of benzene rings is 1. The molecule has 0 unspecified atom stereocenters. The van der Waals surface area contributed by atoms with Crippen LogP contribution in [0.4, 0.5) is 5.69 Å². The highest BCUT2D eigenvalue weighted by atomic mass is 16.5.